The Morgan fingerprint density at radius 3 is 2.52 bits per heavy atom. The van der Waals surface area contributed by atoms with Crippen LogP contribution in [0.3, 0.4) is 0 Å². The van der Waals surface area contributed by atoms with Gasteiger partial charge in [-0.25, -0.2) is 0 Å². The van der Waals surface area contributed by atoms with E-state index >= 15 is 0 Å². The van der Waals surface area contributed by atoms with E-state index in [1.807, 2.05) is 0 Å². The summed E-state index contributed by atoms with van der Waals surface area (Å²) in [6.45, 7) is 1.71. The van der Waals surface area contributed by atoms with Gasteiger partial charge in [-0.15, -0.1) is 0 Å². The molecule has 0 radical (unpaired) electrons. The number of hydrogen-bond donors (Lipinski definition) is 1. The lowest BCUT2D eigenvalue weighted by atomic mass is 10.1. The van der Waals surface area contributed by atoms with E-state index < -0.39 is 4.92 Å². The molecule has 1 aliphatic heterocycles. The molecule has 1 aromatic heterocycles. The lowest BCUT2D eigenvalue weighted by molar-refractivity contribution is -0.384. The average Bonchev–Trinajstić information content (AvgIpc) is 3.09. The van der Waals surface area contributed by atoms with E-state index in [2.05, 4.69) is 15.2 Å². The van der Waals surface area contributed by atoms with Crippen molar-refractivity contribution in [1.82, 2.24) is 4.98 Å². The third kappa shape index (κ3) is 3.28. The van der Waals surface area contributed by atoms with Crippen molar-refractivity contribution in [1.29, 1.82) is 0 Å². The summed E-state index contributed by atoms with van der Waals surface area (Å²) >= 11 is 0. The zero-order valence-electron chi connectivity index (χ0n) is 12.4. The van der Waals surface area contributed by atoms with Gasteiger partial charge in [0, 0.05) is 43.3 Å². The fraction of sp³-hybridized carbons (Fsp3) is 0.250. The standard InChI is InChI=1S/C16H16N4O3/c21-16(18-12-5-7-17-8-6-12)14-11-13(20(22)23)3-4-15(14)19-9-1-2-10-19/h3-8,11H,1-2,9-10H2,(H,17,18,21). The van der Waals surface area contributed by atoms with E-state index in [0.29, 0.717) is 11.3 Å². The van der Waals surface area contributed by atoms with Gasteiger partial charge in [-0.1, -0.05) is 0 Å². The first-order chi connectivity index (χ1) is 11.1. The molecule has 0 unspecified atom stereocenters. The highest BCUT2D eigenvalue weighted by atomic mass is 16.6. The first-order valence-corrected chi connectivity index (χ1v) is 7.40. The predicted molar refractivity (Wildman–Crippen MR) is 86.7 cm³/mol. The number of non-ortho nitro benzene ring substituents is 1. The molecule has 0 bridgehead atoms. The number of nitro groups is 1. The number of benzene rings is 1. The Hall–Kier alpha value is -2.96. The average molecular weight is 312 g/mol. The Morgan fingerprint density at radius 2 is 1.87 bits per heavy atom. The molecule has 0 saturated carbocycles. The zero-order chi connectivity index (χ0) is 16.2. The Labute approximate surface area is 133 Å². The zero-order valence-corrected chi connectivity index (χ0v) is 12.4. The minimum absolute atomic E-state index is 0.0900. The van der Waals surface area contributed by atoms with Crippen LogP contribution in [0.2, 0.25) is 0 Å². The molecule has 3 rings (SSSR count). The van der Waals surface area contributed by atoms with Crippen LogP contribution in [0.15, 0.2) is 42.7 Å². The van der Waals surface area contributed by atoms with Gasteiger partial charge in [0.2, 0.25) is 0 Å². The highest BCUT2D eigenvalue weighted by molar-refractivity contribution is 6.08. The molecule has 2 heterocycles. The Kier molecular flexibility index (Phi) is 4.18. The third-order valence-electron chi connectivity index (χ3n) is 3.82. The van der Waals surface area contributed by atoms with Gasteiger partial charge in [0.25, 0.3) is 11.6 Å². The monoisotopic (exact) mass is 312 g/mol. The van der Waals surface area contributed by atoms with Crippen molar-refractivity contribution in [3.63, 3.8) is 0 Å². The fourth-order valence-corrected chi connectivity index (χ4v) is 2.69. The number of nitrogens with zero attached hydrogens (tertiary/aromatic N) is 3. The van der Waals surface area contributed by atoms with Crippen LogP contribution in [-0.2, 0) is 0 Å². The van der Waals surface area contributed by atoms with E-state index in [0.717, 1.165) is 31.6 Å². The molecule has 0 aliphatic carbocycles. The van der Waals surface area contributed by atoms with Crippen LogP contribution in [-0.4, -0.2) is 28.9 Å². The van der Waals surface area contributed by atoms with Crippen LogP contribution in [0.1, 0.15) is 23.2 Å². The molecule has 7 heteroatoms. The number of nitro benzene ring substituents is 1. The van der Waals surface area contributed by atoms with Gasteiger partial charge < -0.3 is 10.2 Å². The number of carbonyl (C=O) groups is 1. The Balaban J connectivity index is 1.95. The summed E-state index contributed by atoms with van der Waals surface area (Å²) in [6, 6.07) is 7.78. The number of pyridine rings is 1. The minimum Gasteiger partial charge on any atom is -0.371 e. The maximum absolute atomic E-state index is 12.6. The SMILES string of the molecule is O=C(Nc1ccncc1)c1cc([N+](=O)[O-])ccc1N1CCCC1. The molecule has 1 N–H and O–H groups in total. The normalized spacial score (nSPS) is 13.8. The van der Waals surface area contributed by atoms with Gasteiger partial charge in [-0.05, 0) is 31.0 Å². The third-order valence-corrected chi connectivity index (χ3v) is 3.82. The molecule has 23 heavy (non-hydrogen) atoms. The van der Waals surface area contributed by atoms with Crippen molar-refractivity contribution >= 4 is 23.0 Å². The molecular weight excluding hydrogens is 296 g/mol. The van der Waals surface area contributed by atoms with Gasteiger partial charge in [0.05, 0.1) is 16.2 Å². The maximum Gasteiger partial charge on any atom is 0.270 e. The van der Waals surface area contributed by atoms with E-state index in [4.69, 9.17) is 0 Å². The number of nitrogens with one attached hydrogen (secondary N) is 1. The molecule has 118 valence electrons. The highest BCUT2D eigenvalue weighted by Crippen LogP contribution is 2.29. The van der Waals surface area contributed by atoms with Gasteiger partial charge >= 0.3 is 0 Å². The number of rotatable bonds is 4. The van der Waals surface area contributed by atoms with Crippen LogP contribution in [0.4, 0.5) is 17.1 Å². The highest BCUT2D eigenvalue weighted by Gasteiger charge is 2.22. The second-order valence-electron chi connectivity index (χ2n) is 5.34. The molecule has 0 spiro atoms. The lowest BCUT2D eigenvalue weighted by Crippen LogP contribution is -2.23. The quantitative estimate of drug-likeness (QED) is 0.692. The lowest BCUT2D eigenvalue weighted by Gasteiger charge is -2.20. The summed E-state index contributed by atoms with van der Waals surface area (Å²) in [5.41, 5.74) is 1.56. The van der Waals surface area contributed by atoms with Crippen LogP contribution in [0.5, 0.6) is 0 Å². The summed E-state index contributed by atoms with van der Waals surface area (Å²) in [5.74, 6) is -0.359. The van der Waals surface area contributed by atoms with Crippen LogP contribution in [0.25, 0.3) is 0 Å². The molecule has 7 nitrogen and oxygen atoms in total. The molecule has 1 aliphatic rings. The summed E-state index contributed by atoms with van der Waals surface area (Å²) in [6.07, 6.45) is 5.26. The predicted octanol–water partition coefficient (Wildman–Crippen LogP) is 2.84. The second-order valence-corrected chi connectivity index (χ2v) is 5.34. The van der Waals surface area contributed by atoms with Gasteiger partial charge in [0.15, 0.2) is 0 Å². The molecule has 0 atom stereocenters. The molecular formula is C16H16N4O3. The second kappa shape index (κ2) is 6.43. The number of aromatic nitrogens is 1. The van der Waals surface area contributed by atoms with Crippen molar-refractivity contribution in [3.05, 3.63) is 58.4 Å². The van der Waals surface area contributed by atoms with Crippen LogP contribution in [0, 0.1) is 10.1 Å². The van der Waals surface area contributed by atoms with Crippen molar-refractivity contribution in [3.8, 4) is 0 Å². The number of anilines is 2. The number of amides is 1. The topological polar surface area (TPSA) is 88.4 Å². The van der Waals surface area contributed by atoms with E-state index in [-0.39, 0.29) is 11.6 Å². The summed E-state index contributed by atoms with van der Waals surface area (Å²) in [4.78, 5) is 29.1. The summed E-state index contributed by atoms with van der Waals surface area (Å²) in [5, 5.41) is 13.8. The van der Waals surface area contributed by atoms with Crippen molar-refractivity contribution < 1.29 is 9.72 Å². The van der Waals surface area contributed by atoms with Crippen LogP contribution < -0.4 is 10.2 Å². The van der Waals surface area contributed by atoms with Gasteiger partial charge in [0.1, 0.15) is 0 Å². The van der Waals surface area contributed by atoms with E-state index in [1.54, 1.807) is 30.6 Å². The Bertz CT molecular complexity index is 727. The molecule has 1 amide bonds. The Morgan fingerprint density at radius 1 is 1.17 bits per heavy atom. The van der Waals surface area contributed by atoms with Gasteiger partial charge in [-0.2, -0.15) is 0 Å². The smallest absolute Gasteiger partial charge is 0.270 e. The largest absolute Gasteiger partial charge is 0.371 e. The maximum atomic E-state index is 12.6. The van der Waals surface area contributed by atoms with E-state index in [9.17, 15) is 14.9 Å². The van der Waals surface area contributed by atoms with Crippen molar-refractivity contribution in [2.45, 2.75) is 12.8 Å². The molecule has 1 aromatic carbocycles. The number of hydrogen-bond acceptors (Lipinski definition) is 5. The molecule has 1 fully saturated rings. The first-order valence-electron chi connectivity index (χ1n) is 7.40. The summed E-state index contributed by atoms with van der Waals surface area (Å²) in [7, 11) is 0. The number of carbonyl (C=O) groups excluding carboxylic acids is 1. The van der Waals surface area contributed by atoms with Crippen molar-refractivity contribution in [2.24, 2.45) is 0 Å². The van der Waals surface area contributed by atoms with Crippen LogP contribution >= 0.6 is 0 Å². The molecule has 1 saturated heterocycles. The minimum atomic E-state index is -0.489. The molecule has 2 aromatic rings. The van der Waals surface area contributed by atoms with Gasteiger partial charge in [-0.3, -0.25) is 19.9 Å². The summed E-state index contributed by atoms with van der Waals surface area (Å²) < 4.78 is 0. The first kappa shape index (κ1) is 15.0. The van der Waals surface area contributed by atoms with E-state index in [1.165, 1.54) is 12.1 Å². The fourth-order valence-electron chi connectivity index (χ4n) is 2.69. The van der Waals surface area contributed by atoms with Crippen molar-refractivity contribution in [2.75, 3.05) is 23.3 Å².